The van der Waals surface area contributed by atoms with Crippen LogP contribution in [0.3, 0.4) is 0 Å². The van der Waals surface area contributed by atoms with Crippen molar-refractivity contribution in [3.8, 4) is 5.69 Å². The molecule has 25 heavy (non-hydrogen) atoms. The van der Waals surface area contributed by atoms with Crippen LogP contribution in [0.15, 0.2) is 30.7 Å². The van der Waals surface area contributed by atoms with E-state index >= 15 is 0 Å². The van der Waals surface area contributed by atoms with Gasteiger partial charge in [-0.15, -0.1) is 0 Å². The Morgan fingerprint density at radius 1 is 1.44 bits per heavy atom. The number of nitrogens with zero attached hydrogens (tertiary/aromatic N) is 4. The Morgan fingerprint density at radius 2 is 2.24 bits per heavy atom. The Balaban J connectivity index is 1.60. The fourth-order valence-corrected chi connectivity index (χ4v) is 3.82. The molecule has 2 saturated carbocycles. The third-order valence-corrected chi connectivity index (χ3v) is 5.88. The summed E-state index contributed by atoms with van der Waals surface area (Å²) in [4.78, 5) is 19.1. The molecule has 2 aromatic rings. The van der Waals surface area contributed by atoms with Crippen LogP contribution in [0.1, 0.15) is 44.2 Å². The highest BCUT2D eigenvalue weighted by Crippen LogP contribution is 2.42. The van der Waals surface area contributed by atoms with Crippen LogP contribution in [-0.2, 0) is 4.79 Å². The van der Waals surface area contributed by atoms with Gasteiger partial charge < -0.3 is 4.90 Å². The first kappa shape index (κ1) is 16.6. The number of carbonyl (C=O) groups excluding carboxylic acids is 1. The average molecular weight is 356 g/mol. The zero-order valence-electron chi connectivity index (χ0n) is 14.6. The van der Waals surface area contributed by atoms with E-state index in [9.17, 15) is 4.79 Å². The van der Waals surface area contributed by atoms with Crippen molar-refractivity contribution in [2.24, 2.45) is 5.92 Å². The van der Waals surface area contributed by atoms with Crippen LogP contribution >= 0.6 is 12.6 Å². The largest absolute Gasteiger partial charge is 0.309 e. The molecule has 0 bridgehead atoms. The van der Waals surface area contributed by atoms with Crippen LogP contribution in [0.4, 0.5) is 5.69 Å². The highest BCUT2D eigenvalue weighted by atomic mass is 32.1. The fraction of sp³-hybridized carbons (Fsp3) is 0.526. The van der Waals surface area contributed by atoms with Gasteiger partial charge in [0.05, 0.1) is 29.5 Å². The molecule has 0 atom stereocenters. The Labute approximate surface area is 153 Å². The van der Waals surface area contributed by atoms with Crippen molar-refractivity contribution >= 4 is 24.2 Å². The van der Waals surface area contributed by atoms with E-state index in [2.05, 4.69) is 10.1 Å². The molecule has 2 heterocycles. The zero-order valence-corrected chi connectivity index (χ0v) is 15.5. The van der Waals surface area contributed by atoms with Crippen molar-refractivity contribution in [2.45, 2.75) is 50.2 Å². The number of anilines is 1. The van der Waals surface area contributed by atoms with E-state index < -0.39 is 0 Å². The van der Waals surface area contributed by atoms with E-state index in [1.54, 1.807) is 12.4 Å². The Hall–Kier alpha value is -1.82. The molecule has 0 spiro atoms. The van der Waals surface area contributed by atoms with Gasteiger partial charge in [-0.1, -0.05) is 6.42 Å². The van der Waals surface area contributed by atoms with Crippen LogP contribution in [0, 0.1) is 12.8 Å². The second kappa shape index (κ2) is 6.48. The van der Waals surface area contributed by atoms with Gasteiger partial charge in [0.1, 0.15) is 0 Å². The predicted molar refractivity (Wildman–Crippen MR) is 101 cm³/mol. The first-order chi connectivity index (χ1) is 12.0. The van der Waals surface area contributed by atoms with E-state index in [0.29, 0.717) is 12.3 Å². The number of aryl methyl sites for hydroxylation is 1. The minimum Gasteiger partial charge on any atom is -0.309 e. The second-order valence-electron chi connectivity index (χ2n) is 7.46. The highest BCUT2D eigenvalue weighted by Gasteiger charge is 2.38. The maximum Gasteiger partial charge on any atom is 0.228 e. The lowest BCUT2D eigenvalue weighted by Gasteiger charge is -2.38. The lowest BCUT2D eigenvalue weighted by atomic mass is 9.81. The van der Waals surface area contributed by atoms with Gasteiger partial charge in [0.2, 0.25) is 5.91 Å². The molecule has 0 aliphatic heterocycles. The maximum atomic E-state index is 13.0. The third kappa shape index (κ3) is 3.59. The summed E-state index contributed by atoms with van der Waals surface area (Å²) in [5.41, 5.74) is 2.69. The molecule has 2 aliphatic carbocycles. The van der Waals surface area contributed by atoms with E-state index in [1.807, 2.05) is 34.8 Å². The monoisotopic (exact) mass is 356 g/mol. The summed E-state index contributed by atoms with van der Waals surface area (Å²) < 4.78 is 1.71. The van der Waals surface area contributed by atoms with Crippen molar-refractivity contribution in [3.63, 3.8) is 0 Å². The van der Waals surface area contributed by atoms with E-state index in [0.717, 1.165) is 36.5 Å². The SMILES string of the molecule is Cc1nn(-c2cccnc2)cc1N(CC1CC1)C(=O)CC1(S)CCC1. The molecular weight excluding hydrogens is 332 g/mol. The number of carbonyl (C=O) groups is 1. The smallest absolute Gasteiger partial charge is 0.228 e. The molecule has 0 N–H and O–H groups in total. The Morgan fingerprint density at radius 3 is 2.84 bits per heavy atom. The molecule has 1 amide bonds. The first-order valence-electron chi connectivity index (χ1n) is 9.03. The zero-order chi connectivity index (χ0) is 17.4. The molecule has 0 aromatic carbocycles. The quantitative estimate of drug-likeness (QED) is 0.805. The molecular formula is C19H24N4OS. The normalized spacial score (nSPS) is 18.6. The van der Waals surface area contributed by atoms with Crippen LogP contribution in [0.5, 0.6) is 0 Å². The minimum atomic E-state index is -0.105. The van der Waals surface area contributed by atoms with Gasteiger partial charge in [0.25, 0.3) is 0 Å². The number of amides is 1. The number of hydrogen-bond acceptors (Lipinski definition) is 4. The summed E-state index contributed by atoms with van der Waals surface area (Å²) in [6.45, 7) is 2.76. The summed E-state index contributed by atoms with van der Waals surface area (Å²) in [7, 11) is 0. The fourth-order valence-electron chi connectivity index (χ4n) is 3.37. The summed E-state index contributed by atoms with van der Waals surface area (Å²) in [6.07, 6.45) is 11.7. The van der Waals surface area contributed by atoms with Gasteiger partial charge in [-0.05, 0) is 50.7 Å². The number of aromatic nitrogens is 3. The van der Waals surface area contributed by atoms with Crippen molar-refractivity contribution < 1.29 is 4.79 Å². The second-order valence-corrected chi connectivity index (χ2v) is 8.41. The van der Waals surface area contributed by atoms with Gasteiger partial charge in [0, 0.05) is 23.9 Å². The van der Waals surface area contributed by atoms with Crippen molar-refractivity contribution in [3.05, 3.63) is 36.4 Å². The molecule has 132 valence electrons. The van der Waals surface area contributed by atoms with Crippen LogP contribution < -0.4 is 4.90 Å². The molecule has 2 aromatic heterocycles. The van der Waals surface area contributed by atoms with E-state index in [4.69, 9.17) is 12.6 Å². The van der Waals surface area contributed by atoms with Gasteiger partial charge >= 0.3 is 0 Å². The number of pyridine rings is 1. The average Bonchev–Trinajstić information content (AvgIpc) is 3.33. The summed E-state index contributed by atoms with van der Waals surface area (Å²) in [5.74, 6) is 0.804. The molecule has 0 radical (unpaired) electrons. The van der Waals surface area contributed by atoms with Crippen molar-refractivity contribution in [2.75, 3.05) is 11.4 Å². The first-order valence-corrected chi connectivity index (χ1v) is 9.48. The lowest BCUT2D eigenvalue weighted by Crippen LogP contribution is -2.41. The predicted octanol–water partition coefficient (Wildman–Crippen LogP) is 3.56. The molecule has 2 aliphatic rings. The van der Waals surface area contributed by atoms with Crippen molar-refractivity contribution in [1.29, 1.82) is 0 Å². The van der Waals surface area contributed by atoms with Gasteiger partial charge in [0.15, 0.2) is 0 Å². The van der Waals surface area contributed by atoms with Gasteiger partial charge in [-0.25, -0.2) is 4.68 Å². The van der Waals surface area contributed by atoms with Crippen LogP contribution in [0.2, 0.25) is 0 Å². The van der Waals surface area contributed by atoms with Crippen LogP contribution in [0.25, 0.3) is 5.69 Å². The summed E-state index contributed by atoms with van der Waals surface area (Å²) >= 11 is 4.74. The molecule has 0 unspecified atom stereocenters. The van der Waals surface area contributed by atoms with E-state index in [1.165, 1.54) is 19.3 Å². The molecule has 0 saturated heterocycles. The molecule has 2 fully saturated rings. The van der Waals surface area contributed by atoms with Crippen LogP contribution in [-0.4, -0.2) is 32.0 Å². The number of rotatable bonds is 6. The van der Waals surface area contributed by atoms with Crippen molar-refractivity contribution in [1.82, 2.24) is 14.8 Å². The standard InChI is InChI=1S/C19H24N4OS/c1-14-17(13-23(21-14)16-4-2-9-20-11-16)22(12-15-5-6-15)18(24)10-19(25)7-3-8-19/h2,4,9,11,13,15,25H,3,5-8,10,12H2,1H3. The Kier molecular flexibility index (Phi) is 4.31. The number of hydrogen-bond donors (Lipinski definition) is 1. The molecule has 5 nitrogen and oxygen atoms in total. The summed E-state index contributed by atoms with van der Waals surface area (Å²) in [5, 5.41) is 4.61. The topological polar surface area (TPSA) is 51.0 Å². The maximum absolute atomic E-state index is 13.0. The highest BCUT2D eigenvalue weighted by molar-refractivity contribution is 7.81. The Bertz CT molecular complexity index is 765. The molecule has 6 heteroatoms. The van der Waals surface area contributed by atoms with E-state index in [-0.39, 0.29) is 10.7 Å². The minimum absolute atomic E-state index is 0.105. The van der Waals surface area contributed by atoms with Gasteiger partial charge in [-0.3, -0.25) is 9.78 Å². The third-order valence-electron chi connectivity index (χ3n) is 5.28. The number of thiol groups is 1. The summed E-state index contributed by atoms with van der Waals surface area (Å²) in [6, 6.07) is 3.85. The van der Waals surface area contributed by atoms with Gasteiger partial charge in [-0.2, -0.15) is 17.7 Å². The lowest BCUT2D eigenvalue weighted by molar-refractivity contribution is -0.119. The molecule has 4 rings (SSSR count).